The normalized spacial score (nSPS) is 15.8. The van der Waals surface area contributed by atoms with Crippen LogP contribution in [0.3, 0.4) is 0 Å². The van der Waals surface area contributed by atoms with Crippen molar-refractivity contribution in [3.8, 4) is 0 Å². The van der Waals surface area contributed by atoms with Crippen molar-refractivity contribution in [2.75, 3.05) is 54.8 Å². The smallest absolute Gasteiger partial charge is 0.232 e. The van der Waals surface area contributed by atoms with E-state index in [9.17, 15) is 0 Å². The number of rotatable bonds is 4. The molecule has 7 nitrogen and oxygen atoms in total. The van der Waals surface area contributed by atoms with Crippen LogP contribution in [-0.2, 0) is 0 Å². The van der Waals surface area contributed by atoms with E-state index < -0.39 is 0 Å². The van der Waals surface area contributed by atoms with Crippen LogP contribution < -0.4 is 20.9 Å². The van der Waals surface area contributed by atoms with Crippen molar-refractivity contribution in [3.05, 3.63) is 0 Å². The minimum absolute atomic E-state index is 0.292. The van der Waals surface area contributed by atoms with Crippen molar-refractivity contribution in [1.29, 1.82) is 0 Å². The first kappa shape index (κ1) is 12.8. The van der Waals surface area contributed by atoms with Crippen LogP contribution >= 0.6 is 0 Å². The molecule has 0 spiro atoms. The Morgan fingerprint density at radius 1 is 1.17 bits per heavy atom. The maximum atomic E-state index is 5.78. The van der Waals surface area contributed by atoms with Crippen LogP contribution in [0.1, 0.15) is 13.8 Å². The highest BCUT2D eigenvalue weighted by atomic mass is 15.4. The molecule has 1 aliphatic heterocycles. The molecular formula is C11H21N7. The standard InChI is InChI=1S/C11H21N7/c1-3-17(4-2)10-14-9(12)15-11(16-10)18-7-5-13-6-8-18/h13H,3-8H2,1-2H3,(H2,12,14,15,16). The Labute approximate surface area is 107 Å². The quantitative estimate of drug-likeness (QED) is 0.760. The fourth-order valence-corrected chi connectivity index (χ4v) is 2.02. The molecule has 0 radical (unpaired) electrons. The second-order valence-corrected chi connectivity index (χ2v) is 4.20. The van der Waals surface area contributed by atoms with E-state index in [4.69, 9.17) is 5.73 Å². The summed E-state index contributed by atoms with van der Waals surface area (Å²) in [5, 5.41) is 3.30. The summed E-state index contributed by atoms with van der Waals surface area (Å²) >= 11 is 0. The van der Waals surface area contributed by atoms with Crippen molar-refractivity contribution in [2.24, 2.45) is 0 Å². The Hall–Kier alpha value is -1.63. The SMILES string of the molecule is CCN(CC)c1nc(N)nc(N2CCNCC2)n1. The lowest BCUT2D eigenvalue weighted by Crippen LogP contribution is -2.44. The van der Waals surface area contributed by atoms with Gasteiger partial charge in [-0.3, -0.25) is 0 Å². The average Bonchev–Trinajstić information content (AvgIpc) is 2.40. The van der Waals surface area contributed by atoms with Gasteiger partial charge in [0.25, 0.3) is 0 Å². The van der Waals surface area contributed by atoms with Gasteiger partial charge in [-0.1, -0.05) is 0 Å². The first-order valence-corrected chi connectivity index (χ1v) is 6.46. The van der Waals surface area contributed by atoms with Crippen molar-refractivity contribution in [2.45, 2.75) is 13.8 Å². The van der Waals surface area contributed by atoms with Crippen LogP contribution in [-0.4, -0.2) is 54.2 Å². The van der Waals surface area contributed by atoms with Crippen molar-refractivity contribution >= 4 is 17.8 Å². The molecule has 0 saturated carbocycles. The fourth-order valence-electron chi connectivity index (χ4n) is 2.02. The highest BCUT2D eigenvalue weighted by molar-refractivity contribution is 5.43. The second-order valence-electron chi connectivity index (χ2n) is 4.20. The van der Waals surface area contributed by atoms with Gasteiger partial charge in [0.05, 0.1) is 0 Å². The Balaban J connectivity index is 2.24. The minimum Gasteiger partial charge on any atom is -0.368 e. The Morgan fingerprint density at radius 2 is 1.83 bits per heavy atom. The van der Waals surface area contributed by atoms with Gasteiger partial charge in [-0.25, -0.2) is 0 Å². The van der Waals surface area contributed by atoms with Gasteiger partial charge in [-0.05, 0) is 13.8 Å². The predicted molar refractivity (Wildman–Crippen MR) is 72.9 cm³/mol. The van der Waals surface area contributed by atoms with E-state index in [1.54, 1.807) is 0 Å². The summed E-state index contributed by atoms with van der Waals surface area (Å²) in [6.45, 7) is 9.59. The van der Waals surface area contributed by atoms with E-state index in [0.717, 1.165) is 39.3 Å². The number of nitrogens with one attached hydrogen (secondary N) is 1. The molecule has 2 heterocycles. The number of hydrogen-bond acceptors (Lipinski definition) is 7. The van der Waals surface area contributed by atoms with Crippen LogP contribution in [0.25, 0.3) is 0 Å². The molecule has 0 unspecified atom stereocenters. The monoisotopic (exact) mass is 251 g/mol. The molecule has 1 aliphatic rings. The Bertz CT molecular complexity index is 385. The van der Waals surface area contributed by atoms with Gasteiger partial charge in [-0.15, -0.1) is 0 Å². The summed E-state index contributed by atoms with van der Waals surface area (Å²) in [4.78, 5) is 17.2. The lowest BCUT2D eigenvalue weighted by Gasteiger charge is -2.28. The zero-order valence-corrected chi connectivity index (χ0v) is 11.1. The third-order valence-electron chi connectivity index (χ3n) is 3.08. The summed E-state index contributed by atoms with van der Waals surface area (Å²) in [7, 11) is 0. The third-order valence-corrected chi connectivity index (χ3v) is 3.08. The summed E-state index contributed by atoms with van der Waals surface area (Å²) < 4.78 is 0. The molecule has 100 valence electrons. The summed E-state index contributed by atoms with van der Waals surface area (Å²) in [6, 6.07) is 0. The fraction of sp³-hybridized carbons (Fsp3) is 0.727. The highest BCUT2D eigenvalue weighted by Gasteiger charge is 2.16. The molecule has 3 N–H and O–H groups in total. The number of nitrogens with two attached hydrogens (primary N) is 1. The number of nitrogens with zero attached hydrogens (tertiary/aromatic N) is 5. The largest absolute Gasteiger partial charge is 0.368 e. The molecule has 1 saturated heterocycles. The van der Waals surface area contributed by atoms with Crippen molar-refractivity contribution in [3.63, 3.8) is 0 Å². The van der Waals surface area contributed by atoms with Gasteiger partial charge in [0, 0.05) is 39.3 Å². The van der Waals surface area contributed by atoms with E-state index in [-0.39, 0.29) is 0 Å². The number of piperazine rings is 1. The van der Waals surface area contributed by atoms with Crippen LogP contribution in [0.4, 0.5) is 17.8 Å². The molecule has 0 aromatic carbocycles. The number of nitrogen functional groups attached to an aromatic ring is 1. The van der Waals surface area contributed by atoms with E-state index in [0.29, 0.717) is 17.8 Å². The zero-order valence-electron chi connectivity index (χ0n) is 11.1. The molecule has 0 amide bonds. The van der Waals surface area contributed by atoms with Gasteiger partial charge in [0.15, 0.2) is 0 Å². The van der Waals surface area contributed by atoms with Gasteiger partial charge in [0.1, 0.15) is 0 Å². The topological polar surface area (TPSA) is 83.2 Å². The Morgan fingerprint density at radius 3 is 2.44 bits per heavy atom. The molecule has 7 heteroatoms. The first-order chi connectivity index (χ1) is 8.74. The van der Waals surface area contributed by atoms with Crippen LogP contribution in [0.2, 0.25) is 0 Å². The van der Waals surface area contributed by atoms with Crippen molar-refractivity contribution < 1.29 is 0 Å². The first-order valence-electron chi connectivity index (χ1n) is 6.46. The number of aromatic nitrogens is 3. The van der Waals surface area contributed by atoms with Gasteiger partial charge in [0.2, 0.25) is 17.8 Å². The van der Waals surface area contributed by atoms with Gasteiger partial charge >= 0.3 is 0 Å². The maximum Gasteiger partial charge on any atom is 0.232 e. The third kappa shape index (κ3) is 2.79. The number of hydrogen-bond donors (Lipinski definition) is 2. The van der Waals surface area contributed by atoms with Crippen LogP contribution in [0.5, 0.6) is 0 Å². The Kier molecular flexibility index (Phi) is 4.14. The van der Waals surface area contributed by atoms with Gasteiger partial charge in [-0.2, -0.15) is 15.0 Å². The molecule has 1 aromatic rings. The second kappa shape index (κ2) is 5.81. The lowest BCUT2D eigenvalue weighted by atomic mass is 10.4. The molecule has 1 aromatic heterocycles. The summed E-state index contributed by atoms with van der Waals surface area (Å²) in [5.41, 5.74) is 5.78. The van der Waals surface area contributed by atoms with Crippen molar-refractivity contribution in [1.82, 2.24) is 20.3 Å². The molecule has 0 aliphatic carbocycles. The van der Waals surface area contributed by atoms with E-state index in [1.807, 2.05) is 0 Å². The molecule has 0 bridgehead atoms. The van der Waals surface area contributed by atoms with E-state index in [1.165, 1.54) is 0 Å². The molecule has 1 fully saturated rings. The zero-order chi connectivity index (χ0) is 13.0. The minimum atomic E-state index is 0.292. The van der Waals surface area contributed by atoms with Crippen LogP contribution in [0, 0.1) is 0 Å². The highest BCUT2D eigenvalue weighted by Crippen LogP contribution is 2.15. The molecule has 2 rings (SSSR count). The maximum absolute atomic E-state index is 5.78. The van der Waals surface area contributed by atoms with E-state index >= 15 is 0 Å². The average molecular weight is 251 g/mol. The molecule has 18 heavy (non-hydrogen) atoms. The number of anilines is 3. The molecule has 0 atom stereocenters. The predicted octanol–water partition coefficient (Wildman–Crippen LogP) is -0.290. The summed E-state index contributed by atoms with van der Waals surface area (Å²) in [5.74, 6) is 1.65. The molecular weight excluding hydrogens is 230 g/mol. The van der Waals surface area contributed by atoms with Crippen LogP contribution in [0.15, 0.2) is 0 Å². The van der Waals surface area contributed by atoms with Gasteiger partial charge < -0.3 is 20.9 Å². The summed E-state index contributed by atoms with van der Waals surface area (Å²) in [6.07, 6.45) is 0. The van der Waals surface area contributed by atoms with E-state index in [2.05, 4.69) is 43.9 Å². The lowest BCUT2D eigenvalue weighted by molar-refractivity contribution is 0.579.